The van der Waals surface area contributed by atoms with E-state index in [0.29, 0.717) is 5.56 Å². The summed E-state index contributed by atoms with van der Waals surface area (Å²) in [6.07, 6.45) is 0. The van der Waals surface area contributed by atoms with E-state index >= 15 is 0 Å². The Morgan fingerprint density at radius 3 is 2.28 bits per heavy atom. The summed E-state index contributed by atoms with van der Waals surface area (Å²) in [5, 5.41) is 13.5. The molecule has 132 valence electrons. The van der Waals surface area contributed by atoms with Crippen LogP contribution >= 0.6 is 0 Å². The van der Waals surface area contributed by atoms with Crippen molar-refractivity contribution in [2.75, 3.05) is 14.1 Å². The van der Waals surface area contributed by atoms with Crippen molar-refractivity contribution in [3.8, 4) is 0 Å². The van der Waals surface area contributed by atoms with E-state index in [-0.39, 0.29) is 22.7 Å². The van der Waals surface area contributed by atoms with Gasteiger partial charge in [-0.15, -0.1) is 0 Å². The van der Waals surface area contributed by atoms with Crippen molar-refractivity contribution in [3.05, 3.63) is 69.8 Å². The fourth-order valence-electron chi connectivity index (χ4n) is 2.11. The van der Waals surface area contributed by atoms with E-state index in [1.54, 1.807) is 18.2 Å². The van der Waals surface area contributed by atoms with Gasteiger partial charge in [0.15, 0.2) is 0 Å². The number of sulfonamides is 1. The summed E-state index contributed by atoms with van der Waals surface area (Å²) in [4.78, 5) is 22.7. The Kier molecular flexibility index (Phi) is 5.50. The van der Waals surface area contributed by atoms with Crippen molar-refractivity contribution in [2.45, 2.75) is 11.4 Å². The molecule has 0 saturated carbocycles. The van der Waals surface area contributed by atoms with Gasteiger partial charge in [-0.3, -0.25) is 14.9 Å². The number of hydrogen-bond acceptors (Lipinski definition) is 5. The molecule has 0 bridgehead atoms. The van der Waals surface area contributed by atoms with Gasteiger partial charge in [0.1, 0.15) is 0 Å². The molecule has 2 aromatic rings. The Morgan fingerprint density at radius 2 is 1.72 bits per heavy atom. The van der Waals surface area contributed by atoms with Crippen LogP contribution in [-0.4, -0.2) is 37.6 Å². The van der Waals surface area contributed by atoms with Crippen molar-refractivity contribution in [1.29, 1.82) is 0 Å². The Hall–Kier alpha value is -2.78. The maximum atomic E-state index is 12.2. The van der Waals surface area contributed by atoms with Crippen LogP contribution < -0.4 is 5.32 Å². The number of carbonyl (C=O) groups excluding carboxylic acids is 1. The van der Waals surface area contributed by atoms with Crippen LogP contribution in [0.25, 0.3) is 0 Å². The van der Waals surface area contributed by atoms with E-state index < -0.39 is 20.9 Å². The average Bonchev–Trinajstić information content (AvgIpc) is 2.59. The van der Waals surface area contributed by atoms with E-state index in [0.717, 1.165) is 4.31 Å². The summed E-state index contributed by atoms with van der Waals surface area (Å²) < 4.78 is 25.1. The quantitative estimate of drug-likeness (QED) is 0.621. The van der Waals surface area contributed by atoms with Crippen LogP contribution in [0.2, 0.25) is 0 Å². The number of rotatable bonds is 6. The van der Waals surface area contributed by atoms with E-state index in [1.165, 1.54) is 44.4 Å². The normalized spacial score (nSPS) is 11.3. The molecule has 0 aliphatic rings. The fraction of sp³-hybridized carbons (Fsp3) is 0.188. The zero-order valence-electron chi connectivity index (χ0n) is 13.7. The van der Waals surface area contributed by atoms with Gasteiger partial charge in [0.05, 0.1) is 9.82 Å². The molecule has 0 saturated heterocycles. The van der Waals surface area contributed by atoms with Crippen molar-refractivity contribution in [3.63, 3.8) is 0 Å². The standard InChI is InChI=1S/C16H17N3O5S/c1-18(2)25(23,24)14-9-7-12(8-10-14)16(20)17-11-13-5-3-4-6-15(13)19(21)22/h3-10H,11H2,1-2H3,(H,17,20). The van der Waals surface area contributed by atoms with Crippen LogP contribution in [-0.2, 0) is 16.6 Å². The van der Waals surface area contributed by atoms with E-state index in [4.69, 9.17) is 0 Å². The molecule has 2 rings (SSSR count). The minimum atomic E-state index is -3.56. The molecule has 0 aliphatic heterocycles. The fourth-order valence-corrected chi connectivity index (χ4v) is 3.01. The Balaban J connectivity index is 2.11. The highest BCUT2D eigenvalue weighted by Gasteiger charge is 2.18. The molecule has 0 unspecified atom stereocenters. The first kappa shape index (κ1) is 18.6. The van der Waals surface area contributed by atoms with E-state index in [2.05, 4.69) is 5.32 Å². The third kappa shape index (κ3) is 4.20. The van der Waals surface area contributed by atoms with Gasteiger partial charge >= 0.3 is 0 Å². The third-order valence-corrected chi connectivity index (χ3v) is 5.35. The van der Waals surface area contributed by atoms with Gasteiger partial charge in [-0.05, 0) is 24.3 Å². The largest absolute Gasteiger partial charge is 0.348 e. The molecule has 0 aromatic heterocycles. The van der Waals surface area contributed by atoms with Gasteiger partial charge in [0.2, 0.25) is 10.0 Å². The Morgan fingerprint density at radius 1 is 1.12 bits per heavy atom. The summed E-state index contributed by atoms with van der Waals surface area (Å²) in [5.74, 6) is -0.452. The second-order valence-corrected chi connectivity index (χ2v) is 7.53. The lowest BCUT2D eigenvalue weighted by Crippen LogP contribution is -2.24. The lowest BCUT2D eigenvalue weighted by atomic mass is 10.1. The molecule has 0 heterocycles. The second-order valence-electron chi connectivity index (χ2n) is 5.38. The first-order chi connectivity index (χ1) is 11.7. The minimum Gasteiger partial charge on any atom is -0.348 e. The maximum absolute atomic E-state index is 12.2. The molecule has 1 amide bonds. The molecule has 25 heavy (non-hydrogen) atoms. The molecule has 1 N–H and O–H groups in total. The molecule has 0 aliphatic carbocycles. The first-order valence-electron chi connectivity index (χ1n) is 7.26. The molecule has 0 fully saturated rings. The third-order valence-electron chi connectivity index (χ3n) is 3.52. The second kappa shape index (κ2) is 7.41. The lowest BCUT2D eigenvalue weighted by Gasteiger charge is -2.11. The number of nitrogens with zero attached hydrogens (tertiary/aromatic N) is 2. The number of amides is 1. The number of nitro groups is 1. The molecular formula is C16H17N3O5S. The molecule has 8 nitrogen and oxygen atoms in total. The van der Waals surface area contributed by atoms with Crippen LogP contribution in [0.1, 0.15) is 15.9 Å². The van der Waals surface area contributed by atoms with Crippen LogP contribution in [0.5, 0.6) is 0 Å². The average molecular weight is 363 g/mol. The number of nitrogens with one attached hydrogen (secondary N) is 1. The first-order valence-corrected chi connectivity index (χ1v) is 8.70. The molecule has 0 spiro atoms. The monoisotopic (exact) mass is 363 g/mol. The predicted octanol–water partition coefficient (Wildman–Crippen LogP) is 1.78. The van der Waals surface area contributed by atoms with Gasteiger partial charge in [0.25, 0.3) is 11.6 Å². The molecule has 9 heteroatoms. The van der Waals surface area contributed by atoms with Gasteiger partial charge in [-0.1, -0.05) is 18.2 Å². The molecule has 0 atom stereocenters. The highest BCUT2D eigenvalue weighted by atomic mass is 32.2. The molecular weight excluding hydrogens is 346 g/mol. The number of benzene rings is 2. The highest BCUT2D eigenvalue weighted by molar-refractivity contribution is 7.89. The van der Waals surface area contributed by atoms with Gasteiger partial charge in [-0.2, -0.15) is 0 Å². The molecule has 2 aromatic carbocycles. The summed E-state index contributed by atoms with van der Waals surface area (Å²) in [5.41, 5.74) is 0.569. The van der Waals surface area contributed by atoms with E-state index in [1.807, 2.05) is 0 Å². The maximum Gasteiger partial charge on any atom is 0.274 e. The Labute approximate surface area is 145 Å². The van der Waals surface area contributed by atoms with E-state index in [9.17, 15) is 23.3 Å². The lowest BCUT2D eigenvalue weighted by molar-refractivity contribution is -0.385. The minimum absolute atomic E-state index is 0.00622. The van der Waals surface area contributed by atoms with Crippen molar-refractivity contribution in [2.24, 2.45) is 0 Å². The number of hydrogen-bond donors (Lipinski definition) is 1. The SMILES string of the molecule is CN(C)S(=O)(=O)c1ccc(C(=O)NCc2ccccc2[N+](=O)[O-])cc1. The zero-order chi connectivity index (χ0) is 18.6. The van der Waals surface area contributed by atoms with Crippen molar-refractivity contribution in [1.82, 2.24) is 9.62 Å². The van der Waals surface area contributed by atoms with Gasteiger partial charge in [0, 0.05) is 37.8 Å². The summed E-state index contributed by atoms with van der Waals surface area (Å²) >= 11 is 0. The van der Waals surface area contributed by atoms with Crippen LogP contribution in [0.3, 0.4) is 0 Å². The predicted molar refractivity (Wildman–Crippen MR) is 91.6 cm³/mol. The van der Waals surface area contributed by atoms with Gasteiger partial charge in [-0.25, -0.2) is 12.7 Å². The summed E-state index contributed by atoms with van der Waals surface area (Å²) in [6, 6.07) is 11.6. The number of carbonyl (C=O) groups is 1. The van der Waals surface area contributed by atoms with Crippen molar-refractivity contribution >= 4 is 21.6 Å². The van der Waals surface area contributed by atoms with Crippen LogP contribution in [0.15, 0.2) is 53.4 Å². The summed E-state index contributed by atoms with van der Waals surface area (Å²) in [6.45, 7) is -0.00622. The van der Waals surface area contributed by atoms with Crippen LogP contribution in [0.4, 0.5) is 5.69 Å². The van der Waals surface area contributed by atoms with Crippen LogP contribution in [0, 0.1) is 10.1 Å². The number of nitro benzene ring substituents is 1. The highest BCUT2D eigenvalue weighted by Crippen LogP contribution is 2.18. The number of para-hydroxylation sites is 1. The van der Waals surface area contributed by atoms with Gasteiger partial charge < -0.3 is 5.32 Å². The topological polar surface area (TPSA) is 110 Å². The zero-order valence-corrected chi connectivity index (χ0v) is 14.5. The summed E-state index contributed by atoms with van der Waals surface area (Å²) in [7, 11) is -0.724. The molecule has 0 radical (unpaired) electrons. The smallest absolute Gasteiger partial charge is 0.274 e. The Bertz CT molecular complexity index is 892. The van der Waals surface area contributed by atoms with Crippen molar-refractivity contribution < 1.29 is 18.1 Å².